The largest absolute Gasteiger partial charge is 0.490 e. The van der Waals surface area contributed by atoms with Crippen LogP contribution in [0.2, 0.25) is 0 Å². The standard InChI is InChI=1S/C27H29N3O3S/c1-17(2)33-25-12-20(11-19-5-3-4-6-24(19)25)27(32)30-15-21-13-29(14-22(21)16-30)26(31)18-7-9-23(34-28)10-8-18/h3-12,17,21-22H,13-16,28H2,1-2H3/t21-,22+. The number of likely N-dealkylation sites (tertiary alicyclic amines) is 2. The zero-order valence-electron chi connectivity index (χ0n) is 19.4. The Bertz CT molecular complexity index is 1210. The van der Waals surface area contributed by atoms with Gasteiger partial charge in [-0.05, 0) is 67.6 Å². The molecule has 176 valence electrons. The highest BCUT2D eigenvalue weighted by Gasteiger charge is 2.43. The highest BCUT2D eigenvalue weighted by atomic mass is 32.2. The Labute approximate surface area is 204 Å². The van der Waals surface area contributed by atoms with Gasteiger partial charge in [-0.15, -0.1) is 0 Å². The van der Waals surface area contributed by atoms with Crippen LogP contribution in [0.5, 0.6) is 5.75 Å². The monoisotopic (exact) mass is 475 g/mol. The van der Waals surface area contributed by atoms with Crippen LogP contribution >= 0.6 is 11.9 Å². The molecular formula is C27H29N3O3S. The van der Waals surface area contributed by atoms with E-state index < -0.39 is 0 Å². The Hall–Kier alpha value is -3.03. The first-order valence-electron chi connectivity index (χ1n) is 11.7. The first-order chi connectivity index (χ1) is 16.4. The molecule has 34 heavy (non-hydrogen) atoms. The smallest absolute Gasteiger partial charge is 0.254 e. The molecule has 0 spiro atoms. The summed E-state index contributed by atoms with van der Waals surface area (Å²) < 4.78 is 6.03. The van der Waals surface area contributed by atoms with Crippen molar-refractivity contribution in [2.45, 2.75) is 24.8 Å². The molecule has 3 aromatic carbocycles. The van der Waals surface area contributed by atoms with Gasteiger partial charge in [-0.3, -0.25) is 14.7 Å². The zero-order chi connectivity index (χ0) is 23.8. The van der Waals surface area contributed by atoms with Gasteiger partial charge in [-0.2, -0.15) is 0 Å². The first kappa shape index (κ1) is 22.7. The van der Waals surface area contributed by atoms with Crippen molar-refractivity contribution in [2.24, 2.45) is 17.0 Å². The van der Waals surface area contributed by atoms with E-state index in [0.717, 1.165) is 21.4 Å². The van der Waals surface area contributed by atoms with Crippen molar-refractivity contribution in [3.8, 4) is 5.75 Å². The van der Waals surface area contributed by atoms with Crippen LogP contribution in [0.4, 0.5) is 0 Å². The molecule has 0 saturated carbocycles. The average Bonchev–Trinajstić information content (AvgIpc) is 3.42. The van der Waals surface area contributed by atoms with Crippen LogP contribution in [0.1, 0.15) is 34.6 Å². The van der Waals surface area contributed by atoms with Crippen LogP contribution in [0.15, 0.2) is 65.6 Å². The van der Waals surface area contributed by atoms with Crippen LogP contribution in [-0.4, -0.2) is 53.9 Å². The van der Waals surface area contributed by atoms with Crippen LogP contribution in [-0.2, 0) is 0 Å². The van der Waals surface area contributed by atoms with Crippen molar-refractivity contribution >= 4 is 34.5 Å². The van der Waals surface area contributed by atoms with Gasteiger partial charge in [0.1, 0.15) is 5.75 Å². The SMILES string of the molecule is CC(C)Oc1cc(C(=O)N2C[C@H]3CN(C(=O)c4ccc(SN)cc4)C[C@H]3C2)cc2ccccc12. The number of hydrogen-bond donors (Lipinski definition) is 1. The molecule has 0 unspecified atom stereocenters. The predicted molar refractivity (Wildman–Crippen MR) is 135 cm³/mol. The summed E-state index contributed by atoms with van der Waals surface area (Å²) in [4.78, 5) is 31.2. The second-order valence-electron chi connectivity index (χ2n) is 9.44. The lowest BCUT2D eigenvalue weighted by Crippen LogP contribution is -2.35. The van der Waals surface area contributed by atoms with Crippen LogP contribution in [0, 0.1) is 11.8 Å². The fourth-order valence-corrected chi connectivity index (χ4v) is 5.41. The minimum atomic E-state index is 0.0219. The van der Waals surface area contributed by atoms with Gasteiger partial charge in [0.15, 0.2) is 0 Å². The molecule has 2 saturated heterocycles. The fourth-order valence-electron chi connectivity index (χ4n) is 5.12. The summed E-state index contributed by atoms with van der Waals surface area (Å²) >= 11 is 1.17. The summed E-state index contributed by atoms with van der Waals surface area (Å²) in [5.74, 6) is 1.43. The summed E-state index contributed by atoms with van der Waals surface area (Å²) in [6.45, 7) is 6.68. The van der Waals surface area contributed by atoms with E-state index in [9.17, 15) is 9.59 Å². The van der Waals surface area contributed by atoms with Crippen molar-refractivity contribution in [3.05, 3.63) is 71.8 Å². The normalized spacial score (nSPS) is 19.6. The second-order valence-corrected chi connectivity index (χ2v) is 10.2. The summed E-state index contributed by atoms with van der Waals surface area (Å²) in [5, 5.41) is 7.59. The topological polar surface area (TPSA) is 75.9 Å². The van der Waals surface area contributed by atoms with Gasteiger partial charge in [0.25, 0.3) is 11.8 Å². The Kier molecular flexibility index (Phi) is 6.23. The maximum Gasteiger partial charge on any atom is 0.254 e. The van der Waals surface area contributed by atoms with Crippen molar-refractivity contribution in [1.82, 2.24) is 9.80 Å². The Morgan fingerprint density at radius 3 is 2.06 bits per heavy atom. The lowest BCUT2D eigenvalue weighted by atomic mass is 10.0. The number of carbonyl (C=O) groups is 2. The molecular weight excluding hydrogens is 446 g/mol. The second kappa shape index (κ2) is 9.31. The summed E-state index contributed by atoms with van der Waals surface area (Å²) in [7, 11) is 0. The van der Waals surface area contributed by atoms with Gasteiger partial charge < -0.3 is 14.5 Å². The summed E-state index contributed by atoms with van der Waals surface area (Å²) in [6, 6.07) is 19.2. The molecule has 3 aromatic rings. The van der Waals surface area contributed by atoms with Crippen molar-refractivity contribution in [1.29, 1.82) is 0 Å². The van der Waals surface area contributed by atoms with E-state index in [1.165, 1.54) is 11.9 Å². The van der Waals surface area contributed by atoms with Crippen molar-refractivity contribution < 1.29 is 14.3 Å². The molecule has 7 heteroatoms. The van der Waals surface area contributed by atoms with E-state index in [2.05, 4.69) is 0 Å². The third kappa shape index (κ3) is 4.38. The van der Waals surface area contributed by atoms with Crippen molar-refractivity contribution in [2.75, 3.05) is 26.2 Å². The van der Waals surface area contributed by atoms with Gasteiger partial charge in [0.05, 0.1) is 6.10 Å². The number of ether oxygens (including phenoxy) is 1. The third-order valence-electron chi connectivity index (χ3n) is 6.73. The van der Waals surface area contributed by atoms with Gasteiger partial charge >= 0.3 is 0 Å². The van der Waals surface area contributed by atoms with Crippen LogP contribution < -0.4 is 9.88 Å². The van der Waals surface area contributed by atoms with Gasteiger partial charge in [-0.25, -0.2) is 0 Å². The van der Waals surface area contributed by atoms with Crippen LogP contribution in [0.25, 0.3) is 10.8 Å². The molecule has 2 aliphatic rings. The van der Waals surface area contributed by atoms with Gasteiger partial charge in [-0.1, -0.05) is 24.3 Å². The molecule has 2 atom stereocenters. The van der Waals surface area contributed by atoms with Crippen LogP contribution in [0.3, 0.4) is 0 Å². The van der Waals surface area contributed by atoms with E-state index in [0.29, 0.717) is 49.1 Å². The molecule has 0 bridgehead atoms. The lowest BCUT2D eigenvalue weighted by molar-refractivity contribution is 0.0738. The predicted octanol–water partition coefficient (Wildman–Crippen LogP) is 4.44. The molecule has 2 aliphatic heterocycles. The van der Waals surface area contributed by atoms with E-state index in [1.807, 2.05) is 84.3 Å². The number of carbonyl (C=O) groups excluding carboxylic acids is 2. The number of rotatable bonds is 5. The van der Waals surface area contributed by atoms with Crippen molar-refractivity contribution in [3.63, 3.8) is 0 Å². The fraction of sp³-hybridized carbons (Fsp3) is 0.333. The molecule has 2 N–H and O–H groups in total. The average molecular weight is 476 g/mol. The number of benzene rings is 3. The van der Waals surface area contributed by atoms with Gasteiger partial charge in [0.2, 0.25) is 0 Å². The number of amides is 2. The number of hydrogen-bond acceptors (Lipinski definition) is 5. The maximum atomic E-state index is 13.4. The Morgan fingerprint density at radius 2 is 1.47 bits per heavy atom. The number of nitrogens with zero attached hydrogens (tertiary/aromatic N) is 2. The summed E-state index contributed by atoms with van der Waals surface area (Å²) in [5.41, 5.74) is 1.33. The lowest BCUT2D eigenvalue weighted by Gasteiger charge is -2.23. The quantitative estimate of drug-likeness (QED) is 0.552. The third-order valence-corrected chi connectivity index (χ3v) is 7.28. The molecule has 5 rings (SSSR count). The zero-order valence-corrected chi connectivity index (χ0v) is 20.3. The van der Waals surface area contributed by atoms with E-state index in [1.54, 1.807) is 0 Å². The Morgan fingerprint density at radius 1 is 0.882 bits per heavy atom. The van der Waals surface area contributed by atoms with E-state index >= 15 is 0 Å². The number of nitrogens with two attached hydrogens (primary N) is 1. The molecule has 6 nitrogen and oxygen atoms in total. The summed E-state index contributed by atoms with van der Waals surface area (Å²) in [6.07, 6.45) is 0.0219. The number of fused-ring (bicyclic) bond motifs is 2. The first-order valence-corrected chi connectivity index (χ1v) is 12.6. The van der Waals surface area contributed by atoms with E-state index in [-0.39, 0.29) is 17.9 Å². The molecule has 2 fully saturated rings. The molecule has 0 aliphatic carbocycles. The molecule has 2 amide bonds. The highest BCUT2D eigenvalue weighted by Crippen LogP contribution is 2.34. The Balaban J connectivity index is 1.28. The van der Waals surface area contributed by atoms with E-state index in [4.69, 9.17) is 9.88 Å². The minimum absolute atomic E-state index is 0.0219. The minimum Gasteiger partial charge on any atom is -0.490 e. The molecule has 2 heterocycles. The maximum absolute atomic E-state index is 13.4. The molecule has 0 radical (unpaired) electrons. The highest BCUT2D eigenvalue weighted by molar-refractivity contribution is 7.97. The molecule has 0 aromatic heterocycles. The van der Waals surface area contributed by atoms with Gasteiger partial charge in [0, 0.05) is 59.4 Å².